The number of hydrogen-bond acceptors (Lipinski definition) is 5. The van der Waals surface area contributed by atoms with Gasteiger partial charge in [0.05, 0.1) is 24.2 Å². The number of ether oxygens (including phenoxy) is 1. The van der Waals surface area contributed by atoms with Crippen LogP contribution in [-0.4, -0.2) is 33.5 Å². The van der Waals surface area contributed by atoms with Crippen molar-refractivity contribution in [2.24, 2.45) is 5.10 Å². The van der Waals surface area contributed by atoms with Crippen LogP contribution in [0, 0.1) is 0 Å². The number of carbonyl (C=O) groups is 1. The quantitative estimate of drug-likeness (QED) is 0.289. The minimum atomic E-state index is -0.512. The van der Waals surface area contributed by atoms with E-state index >= 15 is 0 Å². The van der Waals surface area contributed by atoms with Crippen molar-refractivity contribution in [3.63, 3.8) is 0 Å². The summed E-state index contributed by atoms with van der Waals surface area (Å²) in [5, 5.41) is 5.97. The molecule has 7 nitrogen and oxygen atoms in total. The molecule has 0 N–H and O–H groups in total. The summed E-state index contributed by atoms with van der Waals surface area (Å²) < 4.78 is 8.10. The first-order valence-corrected chi connectivity index (χ1v) is 10.9. The average molecular weight is 450 g/mol. The first-order valence-electron chi connectivity index (χ1n) is 10.9. The molecule has 0 aliphatic heterocycles. The third kappa shape index (κ3) is 3.67. The lowest BCUT2D eigenvalue weighted by molar-refractivity contribution is -0.143. The summed E-state index contributed by atoms with van der Waals surface area (Å²) in [6, 6.07) is 23.9. The van der Waals surface area contributed by atoms with Crippen LogP contribution in [0.2, 0.25) is 0 Å². The number of aromatic nitrogens is 3. The maximum Gasteiger partial charge on any atom is 0.328 e. The molecular formula is C27H22N4O3. The van der Waals surface area contributed by atoms with E-state index in [-0.39, 0.29) is 11.5 Å². The standard InChI is InChI=1S/C27H22N4O3/c1-18(27(33)34-2)30-17-20(21-12-7-9-15-24(21)30)16-28-31-25(19-10-4-3-5-11-19)29-23-14-8-6-13-22(23)26(31)32/h3-18H,1-2H3/t18-/m1/s1. The van der Waals surface area contributed by atoms with Crippen LogP contribution < -0.4 is 5.56 Å². The Morgan fingerprint density at radius 1 is 0.971 bits per heavy atom. The first kappa shape index (κ1) is 21.3. The van der Waals surface area contributed by atoms with E-state index < -0.39 is 6.04 Å². The number of methoxy groups -OCH3 is 1. The van der Waals surface area contributed by atoms with Gasteiger partial charge in [-0.05, 0) is 25.1 Å². The monoisotopic (exact) mass is 450 g/mol. The molecule has 7 heteroatoms. The molecule has 168 valence electrons. The second kappa shape index (κ2) is 8.78. The number of benzene rings is 3. The van der Waals surface area contributed by atoms with E-state index in [4.69, 9.17) is 9.72 Å². The number of fused-ring (bicyclic) bond motifs is 2. The fourth-order valence-electron chi connectivity index (χ4n) is 4.06. The van der Waals surface area contributed by atoms with Crippen LogP contribution in [0.1, 0.15) is 18.5 Å². The highest BCUT2D eigenvalue weighted by molar-refractivity contribution is 6.00. The zero-order valence-electron chi connectivity index (χ0n) is 18.8. The Bertz CT molecular complexity index is 1600. The van der Waals surface area contributed by atoms with Gasteiger partial charge < -0.3 is 9.30 Å². The third-order valence-electron chi connectivity index (χ3n) is 5.83. The summed E-state index contributed by atoms with van der Waals surface area (Å²) in [4.78, 5) is 30.3. The van der Waals surface area contributed by atoms with E-state index in [9.17, 15) is 9.59 Å². The van der Waals surface area contributed by atoms with Crippen LogP contribution in [0.25, 0.3) is 33.2 Å². The number of hydrogen-bond donors (Lipinski definition) is 0. The van der Waals surface area contributed by atoms with Gasteiger partial charge in [0.2, 0.25) is 0 Å². The summed E-state index contributed by atoms with van der Waals surface area (Å²) in [5.74, 6) is 0.109. The van der Waals surface area contributed by atoms with Crippen molar-refractivity contribution < 1.29 is 9.53 Å². The van der Waals surface area contributed by atoms with Gasteiger partial charge >= 0.3 is 5.97 Å². The maximum atomic E-state index is 13.4. The molecule has 0 saturated heterocycles. The van der Waals surface area contributed by atoms with Crippen molar-refractivity contribution in [2.45, 2.75) is 13.0 Å². The molecule has 34 heavy (non-hydrogen) atoms. The second-order valence-corrected chi connectivity index (χ2v) is 7.89. The van der Waals surface area contributed by atoms with Gasteiger partial charge in [-0.2, -0.15) is 9.78 Å². The molecule has 3 aromatic carbocycles. The van der Waals surface area contributed by atoms with E-state index in [1.54, 1.807) is 19.2 Å². The molecule has 0 unspecified atom stereocenters. The van der Waals surface area contributed by atoms with Crippen LogP contribution in [0.15, 0.2) is 95.0 Å². The lowest BCUT2D eigenvalue weighted by Gasteiger charge is -2.12. The van der Waals surface area contributed by atoms with Crippen molar-refractivity contribution in [1.82, 2.24) is 14.2 Å². The topological polar surface area (TPSA) is 78.5 Å². The number of para-hydroxylation sites is 2. The average Bonchev–Trinajstić information content (AvgIpc) is 3.26. The van der Waals surface area contributed by atoms with E-state index in [0.29, 0.717) is 16.7 Å². The maximum absolute atomic E-state index is 13.4. The summed E-state index contributed by atoms with van der Waals surface area (Å²) >= 11 is 0. The molecule has 2 aromatic heterocycles. The van der Waals surface area contributed by atoms with E-state index in [1.165, 1.54) is 11.8 Å². The molecule has 2 heterocycles. The predicted molar refractivity (Wildman–Crippen MR) is 133 cm³/mol. The Morgan fingerprint density at radius 3 is 2.41 bits per heavy atom. The second-order valence-electron chi connectivity index (χ2n) is 7.89. The summed E-state index contributed by atoms with van der Waals surface area (Å²) in [6.07, 6.45) is 3.48. The Labute approximate surface area is 195 Å². The number of carbonyl (C=O) groups excluding carboxylic acids is 1. The van der Waals surface area contributed by atoms with Crippen LogP contribution in [0.4, 0.5) is 0 Å². The van der Waals surface area contributed by atoms with Crippen LogP contribution >= 0.6 is 0 Å². The van der Waals surface area contributed by atoms with Crippen LogP contribution in [0.3, 0.4) is 0 Å². The Morgan fingerprint density at radius 2 is 1.65 bits per heavy atom. The van der Waals surface area contributed by atoms with Gasteiger partial charge in [-0.1, -0.05) is 60.7 Å². The lowest BCUT2D eigenvalue weighted by Crippen LogP contribution is -2.20. The summed E-state index contributed by atoms with van der Waals surface area (Å²) in [6.45, 7) is 1.78. The van der Waals surface area contributed by atoms with Gasteiger partial charge in [0, 0.05) is 28.2 Å². The Hall–Kier alpha value is -4.52. The van der Waals surface area contributed by atoms with Gasteiger partial charge in [-0.3, -0.25) is 4.79 Å². The van der Waals surface area contributed by atoms with E-state index in [0.717, 1.165) is 22.0 Å². The zero-order valence-corrected chi connectivity index (χ0v) is 18.8. The van der Waals surface area contributed by atoms with Crippen molar-refractivity contribution >= 4 is 34.0 Å². The highest BCUT2D eigenvalue weighted by atomic mass is 16.5. The molecule has 0 aliphatic rings. The fraction of sp³-hybridized carbons (Fsp3) is 0.111. The molecular weight excluding hydrogens is 428 g/mol. The van der Waals surface area contributed by atoms with Crippen molar-refractivity contribution in [2.75, 3.05) is 7.11 Å². The zero-order chi connectivity index (χ0) is 23.7. The van der Waals surface area contributed by atoms with Gasteiger partial charge in [-0.25, -0.2) is 9.78 Å². The highest BCUT2D eigenvalue weighted by Gasteiger charge is 2.19. The lowest BCUT2D eigenvalue weighted by atomic mass is 10.2. The number of rotatable bonds is 5. The van der Waals surface area contributed by atoms with Crippen molar-refractivity contribution in [3.05, 3.63) is 101 Å². The molecule has 0 bridgehead atoms. The molecule has 0 aliphatic carbocycles. The van der Waals surface area contributed by atoms with Crippen molar-refractivity contribution in [1.29, 1.82) is 0 Å². The minimum Gasteiger partial charge on any atom is -0.467 e. The molecule has 5 rings (SSSR count). The third-order valence-corrected chi connectivity index (χ3v) is 5.83. The normalized spacial score (nSPS) is 12.4. The highest BCUT2D eigenvalue weighted by Crippen LogP contribution is 2.25. The molecule has 0 spiro atoms. The molecule has 0 amide bonds. The van der Waals surface area contributed by atoms with Gasteiger partial charge in [0.15, 0.2) is 5.82 Å². The first-order chi connectivity index (χ1) is 16.6. The predicted octanol–water partition coefficient (Wildman–Crippen LogP) is 4.63. The molecule has 0 fully saturated rings. The van der Waals surface area contributed by atoms with Gasteiger partial charge in [-0.15, -0.1) is 0 Å². The minimum absolute atomic E-state index is 0.257. The summed E-state index contributed by atoms with van der Waals surface area (Å²) in [5.41, 5.74) is 2.78. The molecule has 1 atom stereocenters. The smallest absolute Gasteiger partial charge is 0.328 e. The largest absolute Gasteiger partial charge is 0.467 e. The Balaban J connectivity index is 1.69. The van der Waals surface area contributed by atoms with Crippen molar-refractivity contribution in [3.8, 4) is 11.4 Å². The SMILES string of the molecule is COC(=O)[C@@H](C)n1cc(C=Nn2c(-c3ccccc3)nc3ccccc3c2=O)c2ccccc21. The molecule has 0 radical (unpaired) electrons. The van der Waals surface area contributed by atoms with E-state index in [1.807, 2.05) is 83.6 Å². The molecule has 0 saturated carbocycles. The summed E-state index contributed by atoms with van der Waals surface area (Å²) in [7, 11) is 1.37. The van der Waals surface area contributed by atoms with Crippen LogP contribution in [-0.2, 0) is 9.53 Å². The van der Waals surface area contributed by atoms with Gasteiger partial charge in [0.25, 0.3) is 5.56 Å². The molecule has 5 aromatic rings. The number of esters is 1. The fourth-order valence-corrected chi connectivity index (χ4v) is 4.06. The van der Waals surface area contributed by atoms with Gasteiger partial charge in [0.1, 0.15) is 6.04 Å². The van der Waals surface area contributed by atoms with Crippen LogP contribution in [0.5, 0.6) is 0 Å². The Kier molecular flexibility index (Phi) is 5.51. The van der Waals surface area contributed by atoms with E-state index in [2.05, 4.69) is 5.10 Å². The number of nitrogens with zero attached hydrogens (tertiary/aromatic N) is 4.